The van der Waals surface area contributed by atoms with Gasteiger partial charge in [-0.15, -0.1) is 0 Å². The normalized spacial score (nSPS) is 10.3. The van der Waals surface area contributed by atoms with Gasteiger partial charge in [0, 0.05) is 5.69 Å². The second kappa shape index (κ2) is 7.09. The van der Waals surface area contributed by atoms with Crippen molar-refractivity contribution in [3.63, 3.8) is 0 Å². The van der Waals surface area contributed by atoms with Gasteiger partial charge in [-0.2, -0.15) is 0 Å². The van der Waals surface area contributed by atoms with Crippen LogP contribution in [0.3, 0.4) is 0 Å². The van der Waals surface area contributed by atoms with E-state index in [0.717, 1.165) is 39.8 Å². The first-order valence-corrected chi connectivity index (χ1v) is 7.91. The van der Waals surface area contributed by atoms with Crippen LogP contribution in [-0.4, -0.2) is 7.11 Å². The fraction of sp³-hybridized carbons (Fsp3) is 0.143. The van der Waals surface area contributed by atoms with E-state index in [1.54, 1.807) is 7.11 Å². The molecule has 0 spiro atoms. The molecule has 0 heterocycles. The summed E-state index contributed by atoms with van der Waals surface area (Å²) in [5.74, 6) is 2.47. The lowest BCUT2D eigenvalue weighted by atomic mass is 10.1. The van der Waals surface area contributed by atoms with Crippen LogP contribution in [0.15, 0.2) is 66.7 Å². The van der Waals surface area contributed by atoms with E-state index < -0.39 is 0 Å². The highest BCUT2D eigenvalue weighted by molar-refractivity contribution is 5.72. The third-order valence-electron chi connectivity index (χ3n) is 3.86. The molecular weight excluding hydrogens is 298 g/mol. The average Bonchev–Trinajstić information content (AvgIpc) is 2.60. The molecule has 0 aliphatic carbocycles. The molecule has 0 aliphatic rings. The van der Waals surface area contributed by atoms with E-state index in [1.165, 1.54) is 0 Å². The van der Waals surface area contributed by atoms with Crippen molar-refractivity contribution in [2.75, 3.05) is 12.4 Å². The molecular formula is C21H21NO2. The predicted octanol–water partition coefficient (Wildman–Crippen LogP) is 5.85. The molecule has 0 amide bonds. The zero-order valence-electron chi connectivity index (χ0n) is 14.2. The van der Waals surface area contributed by atoms with Crippen molar-refractivity contribution >= 4 is 11.4 Å². The third kappa shape index (κ3) is 3.51. The van der Waals surface area contributed by atoms with Crippen LogP contribution in [0.1, 0.15) is 11.1 Å². The van der Waals surface area contributed by atoms with Crippen molar-refractivity contribution in [3.8, 4) is 17.2 Å². The van der Waals surface area contributed by atoms with Crippen molar-refractivity contribution in [2.24, 2.45) is 0 Å². The molecule has 0 aliphatic heterocycles. The lowest BCUT2D eigenvalue weighted by Gasteiger charge is -2.17. The maximum absolute atomic E-state index is 6.02. The van der Waals surface area contributed by atoms with Crippen molar-refractivity contribution < 1.29 is 9.47 Å². The fourth-order valence-electron chi connectivity index (χ4n) is 2.65. The van der Waals surface area contributed by atoms with Gasteiger partial charge in [-0.3, -0.25) is 0 Å². The van der Waals surface area contributed by atoms with Crippen LogP contribution in [0.2, 0.25) is 0 Å². The Hall–Kier alpha value is -2.94. The van der Waals surface area contributed by atoms with E-state index in [0.29, 0.717) is 0 Å². The molecule has 0 fully saturated rings. The zero-order valence-corrected chi connectivity index (χ0v) is 14.2. The number of ether oxygens (including phenoxy) is 2. The summed E-state index contributed by atoms with van der Waals surface area (Å²) in [7, 11) is 1.68. The number of benzene rings is 3. The second-order valence-corrected chi connectivity index (χ2v) is 5.67. The van der Waals surface area contributed by atoms with Gasteiger partial charge in [0.05, 0.1) is 12.8 Å². The Balaban J connectivity index is 1.91. The Morgan fingerprint density at radius 1 is 0.750 bits per heavy atom. The molecule has 3 rings (SSSR count). The molecule has 24 heavy (non-hydrogen) atoms. The minimum absolute atomic E-state index is 0.790. The van der Waals surface area contributed by atoms with E-state index >= 15 is 0 Å². The molecule has 0 radical (unpaired) electrons. The van der Waals surface area contributed by atoms with Crippen molar-refractivity contribution in [1.82, 2.24) is 0 Å². The maximum Gasteiger partial charge on any atom is 0.150 e. The first-order chi connectivity index (χ1) is 11.7. The average molecular weight is 319 g/mol. The molecule has 3 aromatic carbocycles. The van der Waals surface area contributed by atoms with Gasteiger partial charge in [0.25, 0.3) is 0 Å². The molecule has 0 aromatic heterocycles. The monoisotopic (exact) mass is 319 g/mol. The number of para-hydroxylation sites is 3. The van der Waals surface area contributed by atoms with Crippen molar-refractivity contribution in [1.29, 1.82) is 0 Å². The third-order valence-corrected chi connectivity index (χ3v) is 3.86. The van der Waals surface area contributed by atoms with Gasteiger partial charge in [-0.25, -0.2) is 0 Å². The van der Waals surface area contributed by atoms with Crippen LogP contribution < -0.4 is 14.8 Å². The van der Waals surface area contributed by atoms with Gasteiger partial charge in [-0.05, 0) is 61.4 Å². The Morgan fingerprint density at radius 3 is 2.04 bits per heavy atom. The lowest BCUT2D eigenvalue weighted by molar-refractivity contribution is 0.414. The summed E-state index contributed by atoms with van der Waals surface area (Å²) >= 11 is 0. The van der Waals surface area contributed by atoms with E-state index in [9.17, 15) is 0 Å². The van der Waals surface area contributed by atoms with Crippen LogP contribution in [0.4, 0.5) is 11.4 Å². The highest BCUT2D eigenvalue weighted by Gasteiger charge is 2.10. The van der Waals surface area contributed by atoms with Gasteiger partial charge in [0.1, 0.15) is 11.5 Å². The summed E-state index contributed by atoms with van der Waals surface area (Å²) in [6.45, 7) is 4.14. The standard InChI is InChI=1S/C21H21NO2/c1-15-13-18(23-3)14-16(2)21(15)22-19-11-7-8-12-20(19)24-17-9-5-4-6-10-17/h4-14,22H,1-3H3. The largest absolute Gasteiger partial charge is 0.497 e. The summed E-state index contributed by atoms with van der Waals surface area (Å²) in [4.78, 5) is 0. The van der Waals surface area contributed by atoms with Crippen LogP contribution in [0.25, 0.3) is 0 Å². The molecule has 0 unspecified atom stereocenters. The van der Waals surface area contributed by atoms with E-state index in [-0.39, 0.29) is 0 Å². The molecule has 122 valence electrons. The Kier molecular flexibility index (Phi) is 4.71. The molecule has 0 saturated carbocycles. The van der Waals surface area contributed by atoms with Crippen LogP contribution >= 0.6 is 0 Å². The minimum Gasteiger partial charge on any atom is -0.497 e. The number of anilines is 2. The topological polar surface area (TPSA) is 30.5 Å². The number of hydrogen-bond donors (Lipinski definition) is 1. The summed E-state index contributed by atoms with van der Waals surface area (Å²) < 4.78 is 11.4. The molecule has 3 nitrogen and oxygen atoms in total. The molecule has 1 N–H and O–H groups in total. The molecule has 3 heteroatoms. The Labute approximate surface area is 142 Å². The predicted molar refractivity (Wildman–Crippen MR) is 98.7 cm³/mol. The molecule has 3 aromatic rings. The SMILES string of the molecule is COc1cc(C)c(Nc2ccccc2Oc2ccccc2)c(C)c1. The second-order valence-electron chi connectivity index (χ2n) is 5.67. The van der Waals surface area contributed by atoms with Gasteiger partial charge >= 0.3 is 0 Å². The highest BCUT2D eigenvalue weighted by Crippen LogP contribution is 2.34. The van der Waals surface area contributed by atoms with Crippen molar-refractivity contribution in [3.05, 3.63) is 77.9 Å². The first kappa shape index (κ1) is 15.9. The van der Waals surface area contributed by atoms with Crippen LogP contribution in [-0.2, 0) is 0 Å². The summed E-state index contributed by atoms with van der Waals surface area (Å²) in [6, 6.07) is 21.8. The van der Waals surface area contributed by atoms with Gasteiger partial charge in [0.15, 0.2) is 5.75 Å². The lowest BCUT2D eigenvalue weighted by Crippen LogP contribution is -1.99. The number of aryl methyl sites for hydroxylation is 2. The van der Waals surface area contributed by atoms with Gasteiger partial charge < -0.3 is 14.8 Å². The summed E-state index contributed by atoms with van der Waals surface area (Å²) in [5, 5.41) is 3.50. The fourth-order valence-corrected chi connectivity index (χ4v) is 2.65. The minimum atomic E-state index is 0.790. The van der Waals surface area contributed by atoms with Crippen LogP contribution in [0, 0.1) is 13.8 Å². The number of nitrogens with one attached hydrogen (secondary N) is 1. The first-order valence-electron chi connectivity index (χ1n) is 7.91. The quantitative estimate of drug-likeness (QED) is 0.640. The number of hydrogen-bond acceptors (Lipinski definition) is 3. The van der Waals surface area contributed by atoms with Gasteiger partial charge in [0.2, 0.25) is 0 Å². The number of rotatable bonds is 5. The smallest absolute Gasteiger partial charge is 0.150 e. The Morgan fingerprint density at radius 2 is 1.38 bits per heavy atom. The highest BCUT2D eigenvalue weighted by atomic mass is 16.5. The van der Waals surface area contributed by atoms with Crippen molar-refractivity contribution in [2.45, 2.75) is 13.8 Å². The Bertz CT molecular complexity index is 805. The molecule has 0 bridgehead atoms. The zero-order chi connectivity index (χ0) is 16.9. The van der Waals surface area contributed by atoms with E-state index in [2.05, 4.69) is 19.2 Å². The van der Waals surface area contributed by atoms with E-state index in [1.807, 2.05) is 66.7 Å². The maximum atomic E-state index is 6.02. The molecule has 0 saturated heterocycles. The van der Waals surface area contributed by atoms with Gasteiger partial charge in [-0.1, -0.05) is 30.3 Å². The summed E-state index contributed by atoms with van der Waals surface area (Å²) in [5.41, 5.74) is 4.25. The molecule has 0 atom stereocenters. The number of methoxy groups -OCH3 is 1. The van der Waals surface area contributed by atoms with E-state index in [4.69, 9.17) is 9.47 Å². The summed E-state index contributed by atoms with van der Waals surface area (Å²) in [6.07, 6.45) is 0. The van der Waals surface area contributed by atoms with Crippen LogP contribution in [0.5, 0.6) is 17.2 Å².